The van der Waals surface area contributed by atoms with Gasteiger partial charge in [0.1, 0.15) is 0 Å². The van der Waals surface area contributed by atoms with Crippen LogP contribution in [0.1, 0.15) is 12.8 Å². The second-order valence-corrected chi connectivity index (χ2v) is 2.84. The predicted octanol–water partition coefficient (Wildman–Crippen LogP) is 0.843. The van der Waals surface area contributed by atoms with Crippen LogP contribution in [-0.4, -0.2) is 32.1 Å². The molecule has 0 radical (unpaired) electrons. The van der Waals surface area contributed by atoms with Crippen molar-refractivity contribution in [1.29, 1.82) is 0 Å². The Morgan fingerprint density at radius 2 is 2.00 bits per heavy atom. The van der Waals surface area contributed by atoms with E-state index in [-0.39, 0.29) is 0 Å². The SMILES string of the molecule is C=C(CCN)CCN(C)C. The summed E-state index contributed by atoms with van der Waals surface area (Å²) >= 11 is 0. The van der Waals surface area contributed by atoms with Crippen LogP contribution in [-0.2, 0) is 0 Å². The minimum absolute atomic E-state index is 0.728. The molecule has 0 rings (SSSR count). The Labute approximate surface area is 63.7 Å². The van der Waals surface area contributed by atoms with Crippen LogP contribution in [0.2, 0.25) is 0 Å². The number of hydrogen-bond acceptors (Lipinski definition) is 2. The topological polar surface area (TPSA) is 29.3 Å². The van der Waals surface area contributed by atoms with Gasteiger partial charge in [0.25, 0.3) is 0 Å². The highest BCUT2D eigenvalue weighted by Gasteiger charge is 1.93. The molecule has 2 N–H and O–H groups in total. The third-order valence-electron chi connectivity index (χ3n) is 1.41. The van der Waals surface area contributed by atoms with E-state index in [4.69, 9.17) is 5.73 Å². The Hall–Kier alpha value is -0.340. The van der Waals surface area contributed by atoms with Crippen molar-refractivity contribution in [1.82, 2.24) is 4.90 Å². The van der Waals surface area contributed by atoms with E-state index < -0.39 is 0 Å². The average Bonchev–Trinajstić information content (AvgIpc) is 1.85. The molecule has 0 spiro atoms. The van der Waals surface area contributed by atoms with Crippen molar-refractivity contribution in [2.24, 2.45) is 5.73 Å². The molecule has 0 aliphatic carbocycles. The van der Waals surface area contributed by atoms with E-state index in [1.807, 2.05) is 0 Å². The van der Waals surface area contributed by atoms with Crippen molar-refractivity contribution in [2.75, 3.05) is 27.2 Å². The molecule has 10 heavy (non-hydrogen) atoms. The van der Waals surface area contributed by atoms with Gasteiger partial charge in [-0.2, -0.15) is 0 Å². The summed E-state index contributed by atoms with van der Waals surface area (Å²) in [6.45, 7) is 5.72. The molecule has 0 amide bonds. The quantitative estimate of drug-likeness (QED) is 0.576. The maximum atomic E-state index is 5.36. The van der Waals surface area contributed by atoms with Crippen LogP contribution in [0, 0.1) is 0 Å². The van der Waals surface area contributed by atoms with Crippen LogP contribution >= 0.6 is 0 Å². The molecule has 0 aliphatic heterocycles. The van der Waals surface area contributed by atoms with Crippen LogP contribution in [0.15, 0.2) is 12.2 Å². The van der Waals surface area contributed by atoms with Gasteiger partial charge < -0.3 is 10.6 Å². The van der Waals surface area contributed by atoms with Gasteiger partial charge >= 0.3 is 0 Å². The lowest BCUT2D eigenvalue weighted by molar-refractivity contribution is 0.411. The summed E-state index contributed by atoms with van der Waals surface area (Å²) in [5, 5.41) is 0. The number of nitrogens with two attached hydrogens (primary N) is 1. The van der Waals surface area contributed by atoms with Gasteiger partial charge in [0.15, 0.2) is 0 Å². The maximum Gasteiger partial charge on any atom is 0.00124 e. The van der Waals surface area contributed by atoms with Gasteiger partial charge in [-0.05, 0) is 33.5 Å². The second-order valence-electron chi connectivity index (χ2n) is 2.84. The molecule has 0 bridgehead atoms. The van der Waals surface area contributed by atoms with Crippen molar-refractivity contribution >= 4 is 0 Å². The highest BCUT2D eigenvalue weighted by molar-refractivity contribution is 4.94. The lowest BCUT2D eigenvalue weighted by atomic mass is 10.1. The average molecular weight is 142 g/mol. The van der Waals surface area contributed by atoms with Crippen LogP contribution < -0.4 is 5.73 Å². The predicted molar refractivity (Wildman–Crippen MR) is 46.0 cm³/mol. The molecule has 2 nitrogen and oxygen atoms in total. The molecule has 0 aromatic heterocycles. The van der Waals surface area contributed by atoms with Gasteiger partial charge in [-0.15, -0.1) is 0 Å². The Morgan fingerprint density at radius 1 is 1.40 bits per heavy atom. The third kappa shape index (κ3) is 5.79. The molecular formula is C8H18N2. The first-order valence-electron chi connectivity index (χ1n) is 3.68. The van der Waals surface area contributed by atoms with Gasteiger partial charge in [0, 0.05) is 6.54 Å². The van der Waals surface area contributed by atoms with Crippen LogP contribution in [0.4, 0.5) is 0 Å². The number of rotatable bonds is 5. The standard InChI is InChI=1S/C8H18N2/c1-8(4-6-9)5-7-10(2)3/h1,4-7,9H2,2-3H3. The van der Waals surface area contributed by atoms with E-state index in [0.717, 1.165) is 25.9 Å². The molecule has 0 aromatic rings. The van der Waals surface area contributed by atoms with E-state index in [2.05, 4.69) is 25.6 Å². The number of hydrogen-bond donors (Lipinski definition) is 1. The minimum Gasteiger partial charge on any atom is -0.330 e. The molecule has 0 atom stereocenters. The first-order chi connectivity index (χ1) is 4.66. The monoisotopic (exact) mass is 142 g/mol. The van der Waals surface area contributed by atoms with E-state index in [0.29, 0.717) is 0 Å². The van der Waals surface area contributed by atoms with E-state index >= 15 is 0 Å². The zero-order chi connectivity index (χ0) is 7.98. The Kier molecular flexibility index (Phi) is 5.26. The van der Waals surface area contributed by atoms with Crippen molar-refractivity contribution < 1.29 is 0 Å². The summed E-state index contributed by atoms with van der Waals surface area (Å²) in [5.74, 6) is 0. The molecule has 60 valence electrons. The largest absolute Gasteiger partial charge is 0.330 e. The Balaban J connectivity index is 3.22. The highest BCUT2D eigenvalue weighted by atomic mass is 15.0. The lowest BCUT2D eigenvalue weighted by Crippen LogP contribution is -2.14. The zero-order valence-corrected chi connectivity index (χ0v) is 7.06. The summed E-state index contributed by atoms with van der Waals surface area (Å²) in [4.78, 5) is 2.15. The molecule has 0 fully saturated rings. The van der Waals surface area contributed by atoms with Crippen LogP contribution in [0.5, 0.6) is 0 Å². The maximum absolute atomic E-state index is 5.36. The summed E-state index contributed by atoms with van der Waals surface area (Å²) in [5.41, 5.74) is 6.62. The smallest absolute Gasteiger partial charge is 0.00124 e. The molecule has 2 heteroatoms. The van der Waals surface area contributed by atoms with Crippen molar-refractivity contribution in [3.05, 3.63) is 12.2 Å². The fourth-order valence-electron chi connectivity index (χ4n) is 0.711. The molecule has 0 aliphatic rings. The normalized spacial score (nSPS) is 10.4. The summed E-state index contributed by atoms with van der Waals surface area (Å²) in [6, 6.07) is 0. The first kappa shape index (κ1) is 9.66. The summed E-state index contributed by atoms with van der Waals surface area (Å²) < 4.78 is 0. The molecule has 0 aromatic carbocycles. The lowest BCUT2D eigenvalue weighted by Gasteiger charge is -2.09. The van der Waals surface area contributed by atoms with Gasteiger partial charge in [-0.25, -0.2) is 0 Å². The molecule has 0 heterocycles. The van der Waals surface area contributed by atoms with Crippen molar-refractivity contribution in [3.63, 3.8) is 0 Å². The molecule has 0 unspecified atom stereocenters. The second kappa shape index (κ2) is 5.45. The fraction of sp³-hybridized carbons (Fsp3) is 0.750. The van der Waals surface area contributed by atoms with Gasteiger partial charge in [0.05, 0.1) is 0 Å². The van der Waals surface area contributed by atoms with Crippen molar-refractivity contribution in [3.8, 4) is 0 Å². The Bertz CT molecular complexity index is 97.4. The van der Waals surface area contributed by atoms with E-state index in [1.165, 1.54) is 5.57 Å². The van der Waals surface area contributed by atoms with Gasteiger partial charge in [-0.1, -0.05) is 12.2 Å². The summed E-state index contributed by atoms with van der Waals surface area (Å²) in [7, 11) is 4.13. The van der Waals surface area contributed by atoms with Crippen LogP contribution in [0.3, 0.4) is 0 Å². The van der Waals surface area contributed by atoms with Gasteiger partial charge in [0.2, 0.25) is 0 Å². The van der Waals surface area contributed by atoms with Crippen LogP contribution in [0.25, 0.3) is 0 Å². The minimum atomic E-state index is 0.728. The van der Waals surface area contributed by atoms with E-state index in [9.17, 15) is 0 Å². The van der Waals surface area contributed by atoms with Crippen molar-refractivity contribution in [2.45, 2.75) is 12.8 Å². The Morgan fingerprint density at radius 3 is 2.40 bits per heavy atom. The fourth-order valence-corrected chi connectivity index (χ4v) is 0.711. The van der Waals surface area contributed by atoms with Gasteiger partial charge in [-0.3, -0.25) is 0 Å². The molecule has 0 saturated heterocycles. The molecule has 0 saturated carbocycles. The van der Waals surface area contributed by atoms with E-state index in [1.54, 1.807) is 0 Å². The third-order valence-corrected chi connectivity index (χ3v) is 1.41. The first-order valence-corrected chi connectivity index (χ1v) is 3.68. The zero-order valence-electron chi connectivity index (χ0n) is 7.06. The molecular weight excluding hydrogens is 124 g/mol. The highest BCUT2D eigenvalue weighted by Crippen LogP contribution is 2.01. The number of nitrogens with zero attached hydrogens (tertiary/aromatic N) is 1. The summed E-state index contributed by atoms with van der Waals surface area (Å²) in [6.07, 6.45) is 2.04.